The van der Waals surface area contributed by atoms with Crippen molar-refractivity contribution in [2.24, 2.45) is 5.92 Å². The van der Waals surface area contributed by atoms with E-state index < -0.39 is 0 Å². The number of pyridine rings is 1. The van der Waals surface area contributed by atoms with Crippen LogP contribution in [0.5, 0.6) is 0 Å². The lowest BCUT2D eigenvalue weighted by atomic mass is 9.97. The van der Waals surface area contributed by atoms with Crippen LogP contribution in [0.2, 0.25) is 0 Å². The number of hydrogen-bond donors (Lipinski definition) is 1. The van der Waals surface area contributed by atoms with Crippen LogP contribution in [0.3, 0.4) is 0 Å². The number of amides is 1. The van der Waals surface area contributed by atoms with E-state index in [4.69, 9.17) is 0 Å². The SMILES string of the molecule is CCc1cn2c(n1)CC(C(=O)Nc1ccnn1-c1cc(C)ccn1)CC2. The Morgan fingerprint density at radius 2 is 2.23 bits per heavy atom. The lowest BCUT2D eigenvalue weighted by Crippen LogP contribution is -2.31. The van der Waals surface area contributed by atoms with E-state index in [1.54, 1.807) is 23.1 Å². The summed E-state index contributed by atoms with van der Waals surface area (Å²) in [7, 11) is 0. The molecule has 1 aliphatic heterocycles. The van der Waals surface area contributed by atoms with Crippen molar-refractivity contribution in [2.75, 3.05) is 5.32 Å². The molecule has 0 saturated heterocycles. The van der Waals surface area contributed by atoms with Crippen LogP contribution < -0.4 is 5.32 Å². The molecule has 0 bridgehead atoms. The smallest absolute Gasteiger partial charge is 0.229 e. The van der Waals surface area contributed by atoms with Gasteiger partial charge in [0.05, 0.1) is 11.9 Å². The second kappa shape index (κ2) is 6.74. The highest BCUT2D eigenvalue weighted by atomic mass is 16.2. The van der Waals surface area contributed by atoms with Crippen molar-refractivity contribution < 1.29 is 4.79 Å². The van der Waals surface area contributed by atoms with Gasteiger partial charge in [-0.1, -0.05) is 6.92 Å². The normalized spacial score (nSPS) is 16.3. The van der Waals surface area contributed by atoms with Crippen molar-refractivity contribution in [3.05, 3.63) is 53.9 Å². The highest BCUT2D eigenvalue weighted by Gasteiger charge is 2.27. The molecular formula is C19H22N6O. The fourth-order valence-corrected chi connectivity index (χ4v) is 3.33. The lowest BCUT2D eigenvalue weighted by Gasteiger charge is -2.22. The quantitative estimate of drug-likeness (QED) is 0.784. The predicted octanol–water partition coefficient (Wildman–Crippen LogP) is 2.54. The molecule has 4 heterocycles. The van der Waals surface area contributed by atoms with E-state index in [0.29, 0.717) is 18.1 Å². The fraction of sp³-hybridized carbons (Fsp3) is 0.368. The van der Waals surface area contributed by atoms with E-state index in [1.165, 1.54) is 0 Å². The molecule has 0 aromatic carbocycles. The first-order chi connectivity index (χ1) is 12.6. The minimum Gasteiger partial charge on any atom is -0.335 e. The minimum atomic E-state index is -0.0802. The summed E-state index contributed by atoms with van der Waals surface area (Å²) >= 11 is 0. The average molecular weight is 350 g/mol. The Labute approximate surface area is 152 Å². The summed E-state index contributed by atoms with van der Waals surface area (Å²) in [5.74, 6) is 2.26. The number of rotatable bonds is 4. The zero-order valence-corrected chi connectivity index (χ0v) is 15.0. The van der Waals surface area contributed by atoms with E-state index in [0.717, 1.165) is 36.5 Å². The van der Waals surface area contributed by atoms with Gasteiger partial charge >= 0.3 is 0 Å². The molecule has 1 N–H and O–H groups in total. The van der Waals surface area contributed by atoms with Gasteiger partial charge in [-0.15, -0.1) is 0 Å². The van der Waals surface area contributed by atoms with Crippen molar-refractivity contribution in [1.29, 1.82) is 0 Å². The standard InChI is InChI=1S/C19H22N6O/c1-3-15-12-24-9-6-14(11-18(24)22-15)19(26)23-16-5-8-21-25(16)17-10-13(2)4-7-20-17/h4-5,7-8,10,12,14H,3,6,9,11H2,1-2H3,(H,23,26). The monoisotopic (exact) mass is 350 g/mol. The minimum absolute atomic E-state index is 0.00621. The van der Waals surface area contributed by atoms with E-state index >= 15 is 0 Å². The maximum atomic E-state index is 12.8. The molecule has 134 valence electrons. The third-order valence-electron chi connectivity index (χ3n) is 4.80. The van der Waals surface area contributed by atoms with Crippen LogP contribution in [-0.4, -0.2) is 30.2 Å². The number of carbonyl (C=O) groups is 1. The van der Waals surface area contributed by atoms with Gasteiger partial charge in [-0.2, -0.15) is 9.78 Å². The molecule has 7 nitrogen and oxygen atoms in total. The van der Waals surface area contributed by atoms with E-state index in [1.807, 2.05) is 19.1 Å². The molecule has 3 aromatic heterocycles. The number of nitrogens with zero attached hydrogens (tertiary/aromatic N) is 5. The number of aryl methyl sites for hydroxylation is 3. The summed E-state index contributed by atoms with van der Waals surface area (Å²) in [4.78, 5) is 21.8. The zero-order chi connectivity index (χ0) is 18.1. The van der Waals surface area contributed by atoms with Crippen molar-refractivity contribution in [1.82, 2.24) is 24.3 Å². The lowest BCUT2D eigenvalue weighted by molar-refractivity contribution is -0.120. The van der Waals surface area contributed by atoms with Gasteiger partial charge in [-0.25, -0.2) is 9.97 Å². The largest absolute Gasteiger partial charge is 0.335 e. The van der Waals surface area contributed by atoms with Gasteiger partial charge in [0.25, 0.3) is 0 Å². The highest BCUT2D eigenvalue weighted by molar-refractivity contribution is 5.92. The van der Waals surface area contributed by atoms with Gasteiger partial charge < -0.3 is 9.88 Å². The van der Waals surface area contributed by atoms with Crippen LogP contribution in [0.25, 0.3) is 5.82 Å². The fourth-order valence-electron chi connectivity index (χ4n) is 3.33. The molecule has 0 saturated carbocycles. The highest BCUT2D eigenvalue weighted by Crippen LogP contribution is 2.23. The topological polar surface area (TPSA) is 77.6 Å². The second-order valence-electron chi connectivity index (χ2n) is 6.69. The molecule has 1 unspecified atom stereocenters. The van der Waals surface area contributed by atoms with Crippen molar-refractivity contribution in [2.45, 2.75) is 39.7 Å². The molecule has 1 amide bonds. The van der Waals surface area contributed by atoms with Crippen LogP contribution in [0.15, 0.2) is 36.8 Å². The molecule has 0 aliphatic carbocycles. The maximum Gasteiger partial charge on any atom is 0.229 e. The molecule has 26 heavy (non-hydrogen) atoms. The summed E-state index contributed by atoms with van der Waals surface area (Å²) in [6.07, 6.45) is 7.91. The molecule has 7 heteroatoms. The second-order valence-corrected chi connectivity index (χ2v) is 6.69. The molecule has 1 aliphatic rings. The predicted molar refractivity (Wildman–Crippen MR) is 98.1 cm³/mol. The summed E-state index contributed by atoms with van der Waals surface area (Å²) in [5.41, 5.74) is 2.18. The molecule has 0 fully saturated rings. The molecule has 1 atom stereocenters. The van der Waals surface area contributed by atoms with Crippen molar-refractivity contribution in [3.8, 4) is 5.82 Å². The van der Waals surface area contributed by atoms with Gasteiger partial charge in [0.2, 0.25) is 5.91 Å². The zero-order valence-electron chi connectivity index (χ0n) is 15.0. The first-order valence-corrected chi connectivity index (χ1v) is 8.97. The van der Waals surface area contributed by atoms with E-state index in [-0.39, 0.29) is 11.8 Å². The molecular weight excluding hydrogens is 328 g/mol. The van der Waals surface area contributed by atoms with Crippen LogP contribution in [0.1, 0.15) is 30.4 Å². The van der Waals surface area contributed by atoms with Gasteiger partial charge in [0.1, 0.15) is 11.6 Å². The number of imidazole rings is 1. The summed E-state index contributed by atoms with van der Waals surface area (Å²) in [5, 5.41) is 7.31. The summed E-state index contributed by atoms with van der Waals surface area (Å²) < 4.78 is 3.83. The average Bonchev–Trinajstić information content (AvgIpc) is 3.27. The Bertz CT molecular complexity index is 941. The Kier molecular flexibility index (Phi) is 4.28. The number of anilines is 1. The number of fused-ring (bicyclic) bond motifs is 1. The Hall–Kier alpha value is -2.96. The number of aromatic nitrogens is 5. The van der Waals surface area contributed by atoms with Crippen molar-refractivity contribution >= 4 is 11.7 Å². The number of carbonyl (C=O) groups excluding carboxylic acids is 1. The van der Waals surface area contributed by atoms with Crippen LogP contribution >= 0.6 is 0 Å². The van der Waals surface area contributed by atoms with Gasteiger partial charge in [0.15, 0.2) is 5.82 Å². The van der Waals surface area contributed by atoms with Gasteiger partial charge in [0, 0.05) is 37.3 Å². The van der Waals surface area contributed by atoms with Crippen molar-refractivity contribution in [3.63, 3.8) is 0 Å². The maximum absolute atomic E-state index is 12.8. The summed E-state index contributed by atoms with van der Waals surface area (Å²) in [6.45, 7) is 4.93. The molecule has 0 spiro atoms. The number of hydrogen-bond acceptors (Lipinski definition) is 4. The molecule has 3 aromatic rings. The Morgan fingerprint density at radius 3 is 3.04 bits per heavy atom. The molecule has 0 radical (unpaired) electrons. The van der Waals surface area contributed by atoms with E-state index in [9.17, 15) is 4.79 Å². The third kappa shape index (κ3) is 3.12. The van der Waals surface area contributed by atoms with Crippen LogP contribution in [0, 0.1) is 12.8 Å². The Morgan fingerprint density at radius 1 is 1.35 bits per heavy atom. The van der Waals surface area contributed by atoms with Gasteiger partial charge in [-0.05, 0) is 37.5 Å². The first-order valence-electron chi connectivity index (χ1n) is 8.97. The third-order valence-corrected chi connectivity index (χ3v) is 4.80. The molecule has 4 rings (SSSR count). The van der Waals surface area contributed by atoms with Gasteiger partial charge in [-0.3, -0.25) is 4.79 Å². The number of nitrogens with one attached hydrogen (secondary N) is 1. The summed E-state index contributed by atoms with van der Waals surface area (Å²) in [6, 6.07) is 5.66. The Balaban J connectivity index is 1.50. The van der Waals surface area contributed by atoms with Crippen LogP contribution in [-0.2, 0) is 24.2 Å². The van der Waals surface area contributed by atoms with Crippen LogP contribution in [0.4, 0.5) is 5.82 Å². The first kappa shape index (κ1) is 16.5. The van der Waals surface area contributed by atoms with E-state index in [2.05, 4.69) is 38.1 Å².